The highest BCUT2D eigenvalue weighted by atomic mass is 16.5. The number of hydrogen-bond acceptors (Lipinski definition) is 9. The molecule has 2 aromatic heterocycles. The Morgan fingerprint density at radius 1 is 0.869 bits per heavy atom. The number of ether oxygens (including phenoxy) is 3. The maximum Gasteiger partial charge on any atom is 0.407 e. The molecule has 4 N–H and O–H groups in total. The number of nitrogens with zero attached hydrogens (tertiary/aromatic N) is 4. The molecule has 2 aliphatic heterocycles. The lowest BCUT2D eigenvalue weighted by Crippen LogP contribution is -2.51. The Hall–Kier alpha value is -6.38. The molecular formula is C46H56N8O7. The van der Waals surface area contributed by atoms with Gasteiger partial charge in [0.05, 0.1) is 50.6 Å². The number of H-pyrrole nitrogens is 2. The molecule has 0 saturated carbocycles. The van der Waals surface area contributed by atoms with Crippen molar-refractivity contribution in [1.82, 2.24) is 40.4 Å². The summed E-state index contributed by atoms with van der Waals surface area (Å²) in [5.74, 6) is 2.38. The van der Waals surface area contributed by atoms with Crippen molar-refractivity contribution in [2.24, 2.45) is 11.8 Å². The topological polar surface area (TPSA) is 184 Å². The van der Waals surface area contributed by atoms with Crippen molar-refractivity contribution in [2.75, 3.05) is 27.3 Å². The molecule has 5 aromatic rings. The molecule has 0 bridgehead atoms. The average Bonchev–Trinajstić information content (AvgIpc) is 4.05. The number of imidazole rings is 2. The standard InChI is InChI=1S/C46H56N8O7/c1-9-18-53(43(55)40(25(2)3)51-45(57)59-7)24-38-47-22-33(49-38)30-12-15-31-27(6)39-32-16-13-29(20-28(32)14-17-36(39)61-37(31)21-30)34-23-48-42(50-34)35-11-10-19-54(35)44(56)41(26(4)5)52-46(58)60-8/h12-17,20-23,25-27,35,40-41H,9-11,18-19,24H2,1-8H3,(H,47,49)(H,48,50)(H,51,57)(H,52,58)/t27?,35-,40?,41?/m0/s1. The Kier molecular flexibility index (Phi) is 12.7. The number of carbonyl (C=O) groups excluding carboxylic acids is 4. The lowest BCUT2D eigenvalue weighted by molar-refractivity contribution is -0.136. The van der Waals surface area contributed by atoms with Crippen LogP contribution in [0.15, 0.2) is 60.9 Å². The number of methoxy groups -OCH3 is 2. The number of likely N-dealkylation sites (tertiary alicyclic amines) is 1. The molecule has 7 rings (SSSR count). The van der Waals surface area contributed by atoms with Crippen LogP contribution < -0.4 is 15.4 Å². The van der Waals surface area contributed by atoms with Gasteiger partial charge in [-0.3, -0.25) is 9.59 Å². The molecule has 15 nitrogen and oxygen atoms in total. The molecule has 0 spiro atoms. The van der Waals surface area contributed by atoms with E-state index in [9.17, 15) is 19.2 Å². The van der Waals surface area contributed by atoms with Gasteiger partial charge in [-0.25, -0.2) is 19.6 Å². The highest BCUT2D eigenvalue weighted by Crippen LogP contribution is 2.48. The molecule has 3 unspecified atom stereocenters. The summed E-state index contributed by atoms with van der Waals surface area (Å²) < 4.78 is 16.1. The number of fused-ring (bicyclic) bond motifs is 4. The van der Waals surface area contributed by atoms with E-state index >= 15 is 0 Å². The van der Waals surface area contributed by atoms with Crippen molar-refractivity contribution in [3.05, 3.63) is 83.7 Å². The number of rotatable bonds is 13. The molecule has 1 fully saturated rings. The zero-order valence-corrected chi connectivity index (χ0v) is 36.1. The van der Waals surface area contributed by atoms with E-state index in [4.69, 9.17) is 19.2 Å². The molecule has 15 heteroatoms. The normalized spacial score (nSPS) is 16.7. The molecule has 61 heavy (non-hydrogen) atoms. The van der Waals surface area contributed by atoms with E-state index in [2.05, 4.69) is 68.9 Å². The van der Waals surface area contributed by atoms with Crippen LogP contribution in [0.25, 0.3) is 33.3 Å². The van der Waals surface area contributed by atoms with Gasteiger partial charge in [0.1, 0.15) is 35.2 Å². The van der Waals surface area contributed by atoms with Crippen LogP contribution in [-0.2, 0) is 25.6 Å². The number of nitrogens with one attached hydrogen (secondary N) is 4. The number of alkyl carbamates (subject to hydrolysis) is 2. The lowest BCUT2D eigenvalue weighted by atomic mass is 9.85. The van der Waals surface area contributed by atoms with Crippen molar-refractivity contribution in [2.45, 2.75) is 91.4 Å². The molecule has 4 heterocycles. The van der Waals surface area contributed by atoms with E-state index in [0.717, 1.165) is 81.0 Å². The van der Waals surface area contributed by atoms with E-state index in [0.29, 0.717) is 18.9 Å². The molecule has 0 radical (unpaired) electrons. The first-order valence-electron chi connectivity index (χ1n) is 21.1. The maximum absolute atomic E-state index is 13.7. The smallest absolute Gasteiger partial charge is 0.407 e. The molecular weight excluding hydrogens is 777 g/mol. The van der Waals surface area contributed by atoms with Crippen molar-refractivity contribution >= 4 is 34.8 Å². The predicted molar refractivity (Wildman–Crippen MR) is 231 cm³/mol. The largest absolute Gasteiger partial charge is 0.457 e. The highest BCUT2D eigenvalue weighted by Gasteiger charge is 2.38. The van der Waals surface area contributed by atoms with E-state index < -0.39 is 24.3 Å². The minimum absolute atomic E-state index is 0.0498. The number of aromatic nitrogens is 4. The summed E-state index contributed by atoms with van der Waals surface area (Å²) >= 11 is 0. The Morgan fingerprint density at radius 3 is 2.25 bits per heavy atom. The Balaban J connectivity index is 1.07. The van der Waals surface area contributed by atoms with Gasteiger partial charge in [0.25, 0.3) is 0 Å². The van der Waals surface area contributed by atoms with Gasteiger partial charge in [-0.05, 0) is 60.1 Å². The second-order valence-electron chi connectivity index (χ2n) is 16.6. The summed E-state index contributed by atoms with van der Waals surface area (Å²) in [6.07, 6.45) is 4.67. The van der Waals surface area contributed by atoms with Crippen molar-refractivity contribution in [3.63, 3.8) is 0 Å². The first-order chi connectivity index (χ1) is 29.3. The van der Waals surface area contributed by atoms with E-state index in [-0.39, 0.29) is 42.2 Å². The van der Waals surface area contributed by atoms with Crippen LogP contribution in [0, 0.1) is 11.8 Å². The minimum Gasteiger partial charge on any atom is -0.457 e. The van der Waals surface area contributed by atoms with Crippen molar-refractivity contribution in [1.29, 1.82) is 0 Å². The summed E-state index contributed by atoms with van der Waals surface area (Å²) in [4.78, 5) is 71.0. The highest BCUT2D eigenvalue weighted by molar-refractivity contribution is 5.93. The zero-order chi connectivity index (χ0) is 43.5. The fourth-order valence-electron chi connectivity index (χ4n) is 8.51. The van der Waals surface area contributed by atoms with Gasteiger partial charge in [0.2, 0.25) is 11.8 Å². The monoisotopic (exact) mass is 832 g/mol. The Bertz CT molecular complexity index is 2420. The summed E-state index contributed by atoms with van der Waals surface area (Å²) in [6, 6.07) is 15.0. The molecule has 1 saturated heterocycles. The number of aromatic amines is 2. The van der Waals surface area contributed by atoms with E-state index in [1.165, 1.54) is 14.2 Å². The van der Waals surface area contributed by atoms with Gasteiger partial charge in [-0.1, -0.05) is 71.9 Å². The molecule has 4 atom stereocenters. The summed E-state index contributed by atoms with van der Waals surface area (Å²) in [7, 11) is 2.57. The van der Waals surface area contributed by atoms with E-state index in [1.807, 2.05) is 57.8 Å². The first-order valence-corrected chi connectivity index (χ1v) is 21.1. The molecule has 0 aliphatic carbocycles. The third-order valence-corrected chi connectivity index (χ3v) is 11.8. The number of carbonyl (C=O) groups is 4. The van der Waals surface area contributed by atoms with Gasteiger partial charge in [0, 0.05) is 41.3 Å². The fourth-order valence-corrected chi connectivity index (χ4v) is 8.51. The Morgan fingerprint density at radius 2 is 1.54 bits per heavy atom. The third kappa shape index (κ3) is 8.77. The average molecular weight is 833 g/mol. The van der Waals surface area contributed by atoms with Crippen molar-refractivity contribution in [3.8, 4) is 34.0 Å². The van der Waals surface area contributed by atoms with E-state index in [1.54, 1.807) is 11.1 Å². The molecule has 3 aromatic carbocycles. The van der Waals surface area contributed by atoms with Crippen LogP contribution in [0.5, 0.6) is 11.5 Å². The lowest BCUT2D eigenvalue weighted by Gasteiger charge is -2.30. The van der Waals surface area contributed by atoms with Crippen LogP contribution in [0.2, 0.25) is 0 Å². The van der Waals surface area contributed by atoms with Crippen LogP contribution in [-0.4, -0.2) is 93.1 Å². The van der Waals surface area contributed by atoms with Crippen LogP contribution in [0.1, 0.15) is 95.5 Å². The zero-order valence-electron chi connectivity index (χ0n) is 36.1. The van der Waals surface area contributed by atoms with Gasteiger partial charge in [0.15, 0.2) is 0 Å². The van der Waals surface area contributed by atoms with Gasteiger partial charge in [-0.15, -0.1) is 0 Å². The second kappa shape index (κ2) is 18.1. The first kappa shape index (κ1) is 42.7. The van der Waals surface area contributed by atoms with Crippen LogP contribution in [0.3, 0.4) is 0 Å². The van der Waals surface area contributed by atoms with Crippen LogP contribution in [0.4, 0.5) is 9.59 Å². The van der Waals surface area contributed by atoms with Crippen molar-refractivity contribution < 1.29 is 33.4 Å². The molecule has 2 aliphatic rings. The van der Waals surface area contributed by atoms with Gasteiger partial charge in [-0.2, -0.15) is 0 Å². The summed E-state index contributed by atoms with van der Waals surface area (Å²) in [5, 5.41) is 7.55. The van der Waals surface area contributed by atoms with Gasteiger partial charge < -0.3 is 44.6 Å². The molecule has 4 amide bonds. The number of benzene rings is 3. The Labute approximate surface area is 355 Å². The van der Waals surface area contributed by atoms with Gasteiger partial charge >= 0.3 is 12.2 Å². The third-order valence-electron chi connectivity index (χ3n) is 11.8. The number of hydrogen-bond donors (Lipinski definition) is 4. The quantitative estimate of drug-likeness (QED) is 0.0912. The summed E-state index contributed by atoms with van der Waals surface area (Å²) in [6.45, 7) is 13.1. The van der Waals surface area contributed by atoms with Crippen LogP contribution >= 0.6 is 0 Å². The SMILES string of the molecule is CCCN(Cc1ncc(-c2ccc3c(c2)Oc2ccc4cc(-c5cnc([C@@H]6CCCN6C(=O)C(NC(=O)OC)C(C)C)[nH]5)ccc4c2C3C)[nH]1)C(=O)C(NC(=O)OC)C(C)C. The maximum atomic E-state index is 13.7. The second-order valence-corrected chi connectivity index (χ2v) is 16.6. The molecule has 322 valence electrons. The predicted octanol–water partition coefficient (Wildman–Crippen LogP) is 8.04. The summed E-state index contributed by atoms with van der Waals surface area (Å²) in [5.41, 5.74) is 5.71. The fraction of sp³-hybridized carbons (Fsp3) is 0.435. The number of amides is 4. The minimum atomic E-state index is -0.726.